The highest BCUT2D eigenvalue weighted by Gasteiger charge is 2.22. The summed E-state index contributed by atoms with van der Waals surface area (Å²) in [4.78, 5) is 6.77. The van der Waals surface area contributed by atoms with Crippen LogP contribution in [0.5, 0.6) is 0 Å². The highest BCUT2D eigenvalue weighted by atomic mass is 19.1. The summed E-state index contributed by atoms with van der Waals surface area (Å²) >= 11 is 0. The molecule has 1 aromatic carbocycles. The van der Waals surface area contributed by atoms with Gasteiger partial charge in [-0.25, -0.2) is 9.37 Å². The predicted octanol–water partition coefficient (Wildman–Crippen LogP) is 2.03. The number of hydrogen-bond donors (Lipinski definition) is 1. The fourth-order valence-corrected chi connectivity index (χ4v) is 3.09. The number of aliphatic hydroxyl groups is 1. The molecule has 1 atom stereocenters. The van der Waals surface area contributed by atoms with Crippen molar-refractivity contribution < 1.29 is 14.2 Å². The van der Waals surface area contributed by atoms with Gasteiger partial charge in [-0.1, -0.05) is 18.2 Å². The molecule has 6 heteroatoms. The van der Waals surface area contributed by atoms with Crippen molar-refractivity contribution in [2.75, 3.05) is 19.7 Å². The summed E-state index contributed by atoms with van der Waals surface area (Å²) in [6.45, 7) is 7.52. The summed E-state index contributed by atoms with van der Waals surface area (Å²) in [6, 6.07) is 6.53. The average Bonchev–Trinajstić information content (AvgIpc) is 2.83. The Bertz CT molecular complexity index is 702. The number of fused-ring (bicyclic) bond motifs is 1. The molecule has 2 aromatic rings. The summed E-state index contributed by atoms with van der Waals surface area (Å²) in [5.41, 5.74) is 2.80. The van der Waals surface area contributed by atoms with Crippen molar-refractivity contribution in [1.29, 1.82) is 0 Å². The van der Waals surface area contributed by atoms with Crippen molar-refractivity contribution in [2.24, 2.45) is 0 Å². The van der Waals surface area contributed by atoms with Gasteiger partial charge in [-0.15, -0.1) is 0 Å². The minimum Gasteiger partial charge on any atom is -0.389 e. The first-order valence-corrected chi connectivity index (χ1v) is 8.28. The van der Waals surface area contributed by atoms with Gasteiger partial charge in [0, 0.05) is 30.9 Å². The summed E-state index contributed by atoms with van der Waals surface area (Å²) in [6.07, 6.45) is -0.597. The largest absolute Gasteiger partial charge is 0.389 e. The van der Waals surface area contributed by atoms with E-state index in [9.17, 15) is 9.50 Å². The zero-order valence-electron chi connectivity index (χ0n) is 14.2. The molecule has 2 heterocycles. The third-order valence-electron chi connectivity index (χ3n) is 4.54. The molecule has 0 spiro atoms. The Morgan fingerprint density at radius 2 is 2.08 bits per heavy atom. The second-order valence-electron chi connectivity index (χ2n) is 6.35. The summed E-state index contributed by atoms with van der Waals surface area (Å²) in [7, 11) is 0. The molecule has 0 bridgehead atoms. The molecular formula is C18H24FN3O2. The third-order valence-corrected chi connectivity index (χ3v) is 4.54. The molecule has 0 radical (unpaired) electrons. The molecule has 0 unspecified atom stereocenters. The number of benzene rings is 1. The number of aliphatic hydroxyl groups excluding tert-OH is 1. The maximum absolute atomic E-state index is 13.5. The highest BCUT2D eigenvalue weighted by molar-refractivity contribution is 5.16. The lowest BCUT2D eigenvalue weighted by Crippen LogP contribution is -2.40. The van der Waals surface area contributed by atoms with Gasteiger partial charge in [0.2, 0.25) is 0 Å². The number of aromatic nitrogens is 2. The fraction of sp³-hybridized carbons (Fsp3) is 0.500. The molecule has 0 fully saturated rings. The van der Waals surface area contributed by atoms with Crippen molar-refractivity contribution in [3.05, 3.63) is 52.9 Å². The lowest BCUT2D eigenvalue weighted by atomic mass is 10.2. The Hall–Kier alpha value is -1.76. The van der Waals surface area contributed by atoms with Crippen molar-refractivity contribution in [2.45, 2.75) is 39.6 Å². The number of β-amino-alcohol motifs (C(OH)–C–C–N with tert-alkyl or cyclic N) is 1. The minimum atomic E-state index is -0.597. The fourth-order valence-electron chi connectivity index (χ4n) is 3.09. The second-order valence-corrected chi connectivity index (χ2v) is 6.35. The molecule has 1 N–H and O–H groups in total. The SMILES string of the molecule is Cc1nc2n(c1C)CCN(C[C@@H](O)COCc1ccccc1F)C2. The van der Waals surface area contributed by atoms with Gasteiger partial charge in [0.1, 0.15) is 11.6 Å². The van der Waals surface area contributed by atoms with Gasteiger partial charge >= 0.3 is 0 Å². The molecular weight excluding hydrogens is 309 g/mol. The molecule has 1 aromatic heterocycles. The molecule has 1 aliphatic heterocycles. The van der Waals surface area contributed by atoms with Crippen molar-refractivity contribution in [3.8, 4) is 0 Å². The average molecular weight is 333 g/mol. The molecule has 5 nitrogen and oxygen atoms in total. The van der Waals surface area contributed by atoms with Crippen LogP contribution in [0, 0.1) is 19.7 Å². The van der Waals surface area contributed by atoms with E-state index < -0.39 is 6.10 Å². The Labute approximate surface area is 141 Å². The van der Waals surface area contributed by atoms with Crippen molar-refractivity contribution in [3.63, 3.8) is 0 Å². The first-order valence-electron chi connectivity index (χ1n) is 8.28. The molecule has 0 saturated heterocycles. The first-order chi connectivity index (χ1) is 11.5. The van der Waals surface area contributed by atoms with E-state index in [0.717, 1.165) is 31.2 Å². The standard InChI is InChI=1S/C18H24FN3O2/c1-13-14(2)22-8-7-21(10-18(22)20-13)9-16(23)12-24-11-15-5-3-4-6-17(15)19/h3-6,16,23H,7-12H2,1-2H3/t16-/m1/s1. The van der Waals surface area contributed by atoms with E-state index in [1.165, 1.54) is 11.8 Å². The third kappa shape index (κ3) is 3.83. The van der Waals surface area contributed by atoms with E-state index in [-0.39, 0.29) is 19.0 Å². The van der Waals surface area contributed by atoms with Crippen LogP contribution in [0.1, 0.15) is 22.8 Å². The second kappa shape index (κ2) is 7.42. The van der Waals surface area contributed by atoms with Crippen LogP contribution in [0.2, 0.25) is 0 Å². The quantitative estimate of drug-likeness (QED) is 0.879. The van der Waals surface area contributed by atoms with Crippen molar-refractivity contribution >= 4 is 0 Å². The van der Waals surface area contributed by atoms with Gasteiger partial charge in [0.05, 0.1) is 31.6 Å². The maximum atomic E-state index is 13.5. The van der Waals surface area contributed by atoms with Crippen LogP contribution in [0.15, 0.2) is 24.3 Å². The van der Waals surface area contributed by atoms with Crippen LogP contribution in [-0.4, -0.2) is 45.4 Å². The monoisotopic (exact) mass is 333 g/mol. The molecule has 0 amide bonds. The first kappa shape index (κ1) is 17.1. The van der Waals surface area contributed by atoms with E-state index in [1.54, 1.807) is 18.2 Å². The van der Waals surface area contributed by atoms with Gasteiger partial charge < -0.3 is 14.4 Å². The number of rotatable bonds is 6. The Morgan fingerprint density at radius 3 is 2.88 bits per heavy atom. The molecule has 24 heavy (non-hydrogen) atoms. The molecule has 1 aliphatic rings. The topological polar surface area (TPSA) is 50.5 Å². The number of nitrogens with zero attached hydrogens (tertiary/aromatic N) is 3. The van der Waals surface area contributed by atoms with E-state index in [2.05, 4.69) is 21.4 Å². The van der Waals surface area contributed by atoms with Crippen LogP contribution in [0.25, 0.3) is 0 Å². The van der Waals surface area contributed by atoms with Crippen LogP contribution in [-0.2, 0) is 24.4 Å². The highest BCUT2D eigenvalue weighted by Crippen LogP contribution is 2.17. The van der Waals surface area contributed by atoms with Crippen molar-refractivity contribution in [1.82, 2.24) is 14.5 Å². The smallest absolute Gasteiger partial charge is 0.128 e. The number of aryl methyl sites for hydroxylation is 1. The van der Waals surface area contributed by atoms with Gasteiger partial charge in [-0.2, -0.15) is 0 Å². The number of imidazole rings is 1. The van der Waals surface area contributed by atoms with Crippen LogP contribution >= 0.6 is 0 Å². The molecule has 3 rings (SSSR count). The van der Waals surface area contributed by atoms with Crippen LogP contribution in [0.3, 0.4) is 0 Å². The van der Waals surface area contributed by atoms with Gasteiger partial charge in [-0.3, -0.25) is 4.90 Å². The lowest BCUT2D eigenvalue weighted by Gasteiger charge is -2.29. The van der Waals surface area contributed by atoms with E-state index in [1.807, 2.05) is 6.92 Å². The number of halogens is 1. The molecule has 0 saturated carbocycles. The lowest BCUT2D eigenvalue weighted by molar-refractivity contribution is 0.00466. The predicted molar refractivity (Wildman–Crippen MR) is 89.0 cm³/mol. The van der Waals surface area contributed by atoms with Gasteiger partial charge in [0.25, 0.3) is 0 Å². The Morgan fingerprint density at radius 1 is 1.29 bits per heavy atom. The van der Waals surface area contributed by atoms with Gasteiger partial charge in [-0.05, 0) is 19.9 Å². The summed E-state index contributed by atoms with van der Waals surface area (Å²) in [5.74, 6) is 0.774. The van der Waals surface area contributed by atoms with E-state index in [0.29, 0.717) is 12.1 Å². The zero-order chi connectivity index (χ0) is 17.1. The number of hydrogen-bond acceptors (Lipinski definition) is 4. The molecule has 130 valence electrons. The Kier molecular flexibility index (Phi) is 5.28. The number of ether oxygens (including phenoxy) is 1. The van der Waals surface area contributed by atoms with E-state index >= 15 is 0 Å². The normalized spacial score (nSPS) is 16.2. The van der Waals surface area contributed by atoms with Crippen LogP contribution in [0.4, 0.5) is 4.39 Å². The maximum Gasteiger partial charge on any atom is 0.128 e. The summed E-state index contributed by atoms with van der Waals surface area (Å²) < 4.78 is 21.2. The minimum absolute atomic E-state index is 0.173. The van der Waals surface area contributed by atoms with Gasteiger partial charge in [0.15, 0.2) is 0 Å². The van der Waals surface area contributed by atoms with Crippen LogP contribution < -0.4 is 0 Å². The summed E-state index contributed by atoms with van der Waals surface area (Å²) in [5, 5.41) is 10.2. The molecule has 0 aliphatic carbocycles. The van der Waals surface area contributed by atoms with E-state index in [4.69, 9.17) is 4.74 Å². The zero-order valence-corrected chi connectivity index (χ0v) is 14.2. The Balaban J connectivity index is 1.46.